The van der Waals surface area contributed by atoms with Crippen molar-refractivity contribution in [1.29, 1.82) is 0 Å². The first-order valence-electron chi connectivity index (χ1n) is 7.45. The third kappa shape index (κ3) is 3.27. The van der Waals surface area contributed by atoms with E-state index in [1.54, 1.807) is 19.1 Å². The highest BCUT2D eigenvalue weighted by atomic mass is 19.1. The summed E-state index contributed by atoms with van der Waals surface area (Å²) in [4.78, 5) is 9.34. The lowest BCUT2D eigenvalue weighted by atomic mass is 10.0. The zero-order valence-electron chi connectivity index (χ0n) is 12.9. The van der Waals surface area contributed by atoms with Gasteiger partial charge >= 0.3 is 0 Å². The summed E-state index contributed by atoms with van der Waals surface area (Å²) in [7, 11) is 0. The monoisotopic (exact) mass is 287 g/mol. The smallest absolute Gasteiger partial charge is 0.159 e. The Morgan fingerprint density at radius 3 is 2.19 bits per heavy atom. The normalized spacial score (nSPS) is 10.9. The second-order valence-corrected chi connectivity index (χ2v) is 5.13. The minimum atomic E-state index is -0.204. The third-order valence-electron chi connectivity index (χ3n) is 3.66. The quantitative estimate of drug-likeness (QED) is 0.918. The molecule has 0 aliphatic heterocycles. The Kier molecular flexibility index (Phi) is 5.02. The molecule has 2 aromatic rings. The molecule has 0 saturated carbocycles. The van der Waals surface area contributed by atoms with Crippen LogP contribution in [0.5, 0.6) is 0 Å². The Bertz CT molecular complexity index is 613. The lowest BCUT2D eigenvalue weighted by Gasteiger charge is -2.13. The Morgan fingerprint density at radius 2 is 1.71 bits per heavy atom. The molecule has 0 atom stereocenters. The summed E-state index contributed by atoms with van der Waals surface area (Å²) >= 11 is 0. The predicted octanol–water partition coefficient (Wildman–Crippen LogP) is 3.22. The molecule has 0 aliphatic carbocycles. The zero-order chi connectivity index (χ0) is 15.4. The van der Waals surface area contributed by atoms with Crippen molar-refractivity contribution < 1.29 is 4.39 Å². The standard InChI is InChI=1S/C17H22FN3/c1-4-15-13(8-9-19)16(5-2)21-17(20-15)12-6-7-14(18)11(3)10-12/h6-7,10H,4-5,8-9,19H2,1-3H3. The molecule has 1 aromatic carbocycles. The van der Waals surface area contributed by atoms with Gasteiger partial charge in [0.15, 0.2) is 5.82 Å². The molecule has 21 heavy (non-hydrogen) atoms. The van der Waals surface area contributed by atoms with Gasteiger partial charge < -0.3 is 5.73 Å². The Morgan fingerprint density at radius 1 is 1.10 bits per heavy atom. The van der Waals surface area contributed by atoms with Crippen LogP contribution in [-0.2, 0) is 19.3 Å². The van der Waals surface area contributed by atoms with Crippen molar-refractivity contribution in [2.45, 2.75) is 40.0 Å². The van der Waals surface area contributed by atoms with Crippen LogP contribution in [0.15, 0.2) is 18.2 Å². The summed E-state index contributed by atoms with van der Waals surface area (Å²) < 4.78 is 13.4. The average molecular weight is 287 g/mol. The second kappa shape index (κ2) is 6.76. The van der Waals surface area contributed by atoms with E-state index in [-0.39, 0.29) is 5.82 Å². The third-order valence-corrected chi connectivity index (χ3v) is 3.66. The van der Waals surface area contributed by atoms with Crippen LogP contribution in [0.3, 0.4) is 0 Å². The van der Waals surface area contributed by atoms with Crippen molar-refractivity contribution in [3.63, 3.8) is 0 Å². The minimum Gasteiger partial charge on any atom is -0.330 e. The summed E-state index contributed by atoms with van der Waals surface area (Å²) in [5, 5.41) is 0. The maximum Gasteiger partial charge on any atom is 0.159 e. The molecule has 0 spiro atoms. The van der Waals surface area contributed by atoms with Crippen molar-refractivity contribution in [3.05, 3.63) is 46.5 Å². The average Bonchev–Trinajstić information content (AvgIpc) is 2.50. The van der Waals surface area contributed by atoms with Crippen LogP contribution >= 0.6 is 0 Å². The lowest BCUT2D eigenvalue weighted by molar-refractivity contribution is 0.618. The molecule has 0 radical (unpaired) electrons. The van der Waals surface area contributed by atoms with Crippen molar-refractivity contribution in [1.82, 2.24) is 9.97 Å². The number of benzene rings is 1. The number of aryl methyl sites for hydroxylation is 3. The minimum absolute atomic E-state index is 0.204. The Balaban J connectivity index is 2.56. The highest BCUT2D eigenvalue weighted by molar-refractivity contribution is 5.57. The van der Waals surface area contributed by atoms with Gasteiger partial charge in [0.1, 0.15) is 5.82 Å². The van der Waals surface area contributed by atoms with Crippen LogP contribution < -0.4 is 5.73 Å². The lowest BCUT2D eigenvalue weighted by Crippen LogP contribution is -2.12. The Hall–Kier alpha value is -1.81. The van der Waals surface area contributed by atoms with Crippen LogP contribution in [0.25, 0.3) is 11.4 Å². The van der Waals surface area contributed by atoms with E-state index in [4.69, 9.17) is 5.73 Å². The summed E-state index contributed by atoms with van der Waals surface area (Å²) in [6.07, 6.45) is 2.49. The molecule has 0 unspecified atom stereocenters. The molecule has 4 heteroatoms. The number of nitrogens with zero attached hydrogens (tertiary/aromatic N) is 2. The number of halogens is 1. The molecule has 1 heterocycles. The fourth-order valence-corrected chi connectivity index (χ4v) is 2.51. The molecule has 2 rings (SSSR count). The van der Waals surface area contributed by atoms with Gasteiger partial charge in [-0.2, -0.15) is 0 Å². The van der Waals surface area contributed by atoms with Crippen molar-refractivity contribution in [2.75, 3.05) is 6.54 Å². The molecule has 112 valence electrons. The van der Waals surface area contributed by atoms with Gasteiger partial charge in [0, 0.05) is 17.0 Å². The van der Waals surface area contributed by atoms with E-state index in [0.29, 0.717) is 17.9 Å². The van der Waals surface area contributed by atoms with Gasteiger partial charge in [-0.05, 0) is 62.1 Å². The molecule has 2 N–H and O–H groups in total. The van der Waals surface area contributed by atoms with Gasteiger partial charge in [0.2, 0.25) is 0 Å². The van der Waals surface area contributed by atoms with Gasteiger partial charge in [-0.1, -0.05) is 13.8 Å². The van der Waals surface area contributed by atoms with E-state index in [2.05, 4.69) is 23.8 Å². The molecular formula is C17H22FN3. The number of nitrogens with two attached hydrogens (primary N) is 1. The summed E-state index contributed by atoms with van der Waals surface area (Å²) in [6.45, 7) is 6.52. The summed E-state index contributed by atoms with van der Waals surface area (Å²) in [5.41, 5.74) is 10.4. The fourth-order valence-electron chi connectivity index (χ4n) is 2.51. The maximum absolute atomic E-state index is 13.4. The number of aromatic nitrogens is 2. The molecule has 0 fully saturated rings. The highest BCUT2D eigenvalue weighted by Crippen LogP contribution is 2.22. The molecule has 0 bridgehead atoms. The highest BCUT2D eigenvalue weighted by Gasteiger charge is 2.13. The van der Waals surface area contributed by atoms with Crippen LogP contribution in [0.2, 0.25) is 0 Å². The van der Waals surface area contributed by atoms with Gasteiger partial charge in [-0.15, -0.1) is 0 Å². The second-order valence-electron chi connectivity index (χ2n) is 5.13. The van der Waals surface area contributed by atoms with Crippen LogP contribution in [0.1, 0.15) is 36.4 Å². The largest absolute Gasteiger partial charge is 0.330 e. The van der Waals surface area contributed by atoms with E-state index < -0.39 is 0 Å². The van der Waals surface area contributed by atoms with Crippen molar-refractivity contribution in [3.8, 4) is 11.4 Å². The molecular weight excluding hydrogens is 265 g/mol. The molecule has 0 amide bonds. The van der Waals surface area contributed by atoms with Crippen LogP contribution in [0, 0.1) is 12.7 Å². The van der Waals surface area contributed by atoms with Crippen molar-refractivity contribution >= 4 is 0 Å². The van der Waals surface area contributed by atoms with E-state index in [1.165, 1.54) is 11.6 Å². The molecule has 3 nitrogen and oxygen atoms in total. The van der Waals surface area contributed by atoms with Gasteiger partial charge in [0.05, 0.1) is 0 Å². The van der Waals surface area contributed by atoms with E-state index in [9.17, 15) is 4.39 Å². The topological polar surface area (TPSA) is 51.8 Å². The van der Waals surface area contributed by atoms with E-state index in [0.717, 1.165) is 36.2 Å². The van der Waals surface area contributed by atoms with Gasteiger partial charge in [-0.25, -0.2) is 14.4 Å². The molecule has 0 saturated heterocycles. The first-order chi connectivity index (χ1) is 10.1. The van der Waals surface area contributed by atoms with Crippen LogP contribution in [-0.4, -0.2) is 16.5 Å². The van der Waals surface area contributed by atoms with Crippen molar-refractivity contribution in [2.24, 2.45) is 5.73 Å². The van der Waals surface area contributed by atoms with Crippen LogP contribution in [0.4, 0.5) is 4.39 Å². The first kappa shape index (κ1) is 15.6. The van der Waals surface area contributed by atoms with E-state index in [1.807, 2.05) is 0 Å². The van der Waals surface area contributed by atoms with Gasteiger partial charge in [-0.3, -0.25) is 0 Å². The zero-order valence-corrected chi connectivity index (χ0v) is 12.9. The summed E-state index contributed by atoms with van der Waals surface area (Å²) in [6, 6.07) is 5.00. The number of hydrogen-bond acceptors (Lipinski definition) is 3. The number of rotatable bonds is 5. The maximum atomic E-state index is 13.4. The van der Waals surface area contributed by atoms with E-state index >= 15 is 0 Å². The Labute approximate surface area is 125 Å². The first-order valence-corrected chi connectivity index (χ1v) is 7.45. The number of hydrogen-bond donors (Lipinski definition) is 1. The predicted molar refractivity (Wildman–Crippen MR) is 83.7 cm³/mol. The molecule has 0 aliphatic rings. The van der Waals surface area contributed by atoms with Gasteiger partial charge in [0.25, 0.3) is 0 Å². The fraction of sp³-hybridized carbons (Fsp3) is 0.412. The summed E-state index contributed by atoms with van der Waals surface area (Å²) in [5.74, 6) is 0.470. The SMILES string of the molecule is CCc1nc(-c2ccc(F)c(C)c2)nc(CC)c1CCN. The molecule has 1 aromatic heterocycles.